The summed E-state index contributed by atoms with van der Waals surface area (Å²) in [4.78, 5) is 30.8. The van der Waals surface area contributed by atoms with Crippen LogP contribution in [0.25, 0.3) is 11.1 Å². The molecule has 1 N–H and O–H groups in total. The molecule has 1 amide bonds. The molecule has 0 atom stereocenters. The van der Waals surface area contributed by atoms with Crippen molar-refractivity contribution in [1.29, 1.82) is 5.26 Å². The first-order valence-electron chi connectivity index (χ1n) is 14.8. The molecule has 1 fully saturated rings. The molecule has 1 aromatic heterocycles. The lowest BCUT2D eigenvalue weighted by atomic mass is 9.78. The van der Waals surface area contributed by atoms with E-state index in [-0.39, 0.29) is 35.7 Å². The number of halogens is 7. The third kappa shape index (κ3) is 7.58. The Labute approximate surface area is 266 Å². The monoisotopic (exact) mass is 663 g/mol. The number of alkyl halides is 6. The molecule has 1 aliphatic carbocycles. The SMILES string of the molecule is Cc1cc(F)ccc1-c1cc([C@H]2CC[C@H](CC(=O)O)CC2)nc(C#N)c1N(C)C(=O)C(C)(C)c1cc(C(F)(F)F)cc(C(F)(F)F)c1. The summed E-state index contributed by atoms with van der Waals surface area (Å²) < 4.78 is 96.1. The summed E-state index contributed by atoms with van der Waals surface area (Å²) in [6.07, 6.45) is -7.86. The van der Waals surface area contributed by atoms with Crippen LogP contribution in [0.3, 0.4) is 0 Å². The number of anilines is 1. The molecule has 13 heteroatoms. The summed E-state index contributed by atoms with van der Waals surface area (Å²) in [5.41, 5.74) is -4.27. The lowest BCUT2D eigenvalue weighted by molar-refractivity contribution is -0.143. The van der Waals surface area contributed by atoms with Crippen LogP contribution >= 0.6 is 0 Å². The van der Waals surface area contributed by atoms with Crippen molar-refractivity contribution in [3.05, 3.63) is 81.9 Å². The Morgan fingerprint density at radius 3 is 1.96 bits per heavy atom. The van der Waals surface area contributed by atoms with Gasteiger partial charge in [-0.2, -0.15) is 31.6 Å². The molecule has 6 nitrogen and oxygen atoms in total. The zero-order chi connectivity index (χ0) is 35.1. The number of carboxylic acid groups (broad SMARTS) is 1. The second-order valence-corrected chi connectivity index (χ2v) is 12.5. The van der Waals surface area contributed by atoms with Gasteiger partial charge in [0.05, 0.1) is 22.2 Å². The molecule has 0 aliphatic heterocycles. The Morgan fingerprint density at radius 1 is 0.915 bits per heavy atom. The third-order valence-corrected chi connectivity index (χ3v) is 8.81. The van der Waals surface area contributed by atoms with Crippen molar-refractivity contribution in [2.75, 3.05) is 11.9 Å². The van der Waals surface area contributed by atoms with Crippen LogP contribution in [0.15, 0.2) is 42.5 Å². The highest BCUT2D eigenvalue weighted by Crippen LogP contribution is 2.44. The molecule has 250 valence electrons. The molecule has 1 heterocycles. The van der Waals surface area contributed by atoms with Crippen LogP contribution in [0.1, 0.15) is 85.5 Å². The number of amides is 1. The summed E-state index contributed by atoms with van der Waals surface area (Å²) in [6.45, 7) is 3.99. The lowest BCUT2D eigenvalue weighted by Crippen LogP contribution is -2.42. The van der Waals surface area contributed by atoms with E-state index >= 15 is 0 Å². The van der Waals surface area contributed by atoms with Crippen molar-refractivity contribution in [2.45, 2.75) is 76.6 Å². The zero-order valence-electron chi connectivity index (χ0n) is 26.0. The fourth-order valence-corrected chi connectivity index (χ4v) is 6.19. The molecule has 47 heavy (non-hydrogen) atoms. The van der Waals surface area contributed by atoms with Crippen LogP contribution in [0.5, 0.6) is 0 Å². The Hall–Kier alpha value is -4.47. The summed E-state index contributed by atoms with van der Waals surface area (Å²) in [5, 5.41) is 19.4. The number of nitrogens with zero attached hydrogens (tertiary/aromatic N) is 3. The minimum atomic E-state index is -5.13. The number of aliphatic carboxylic acids is 1. The number of nitriles is 1. The van der Waals surface area contributed by atoms with Gasteiger partial charge in [-0.05, 0) is 105 Å². The van der Waals surface area contributed by atoms with Gasteiger partial charge in [0, 0.05) is 30.6 Å². The predicted molar refractivity (Wildman–Crippen MR) is 159 cm³/mol. The minimum Gasteiger partial charge on any atom is -0.481 e. The van der Waals surface area contributed by atoms with E-state index in [2.05, 4.69) is 4.98 Å². The van der Waals surface area contributed by atoms with Crippen LogP contribution in [-0.2, 0) is 27.4 Å². The van der Waals surface area contributed by atoms with Crippen molar-refractivity contribution in [1.82, 2.24) is 4.98 Å². The number of carbonyl (C=O) groups excluding carboxylic acids is 1. The number of aryl methyl sites for hydroxylation is 1. The van der Waals surface area contributed by atoms with Gasteiger partial charge in [-0.25, -0.2) is 9.37 Å². The topological polar surface area (TPSA) is 94.3 Å². The molecule has 1 saturated carbocycles. The zero-order valence-corrected chi connectivity index (χ0v) is 26.0. The summed E-state index contributed by atoms with van der Waals surface area (Å²) in [5.74, 6) is -2.55. The van der Waals surface area contributed by atoms with E-state index in [9.17, 15) is 50.7 Å². The van der Waals surface area contributed by atoms with Crippen molar-refractivity contribution in [3.8, 4) is 17.2 Å². The van der Waals surface area contributed by atoms with E-state index in [1.54, 1.807) is 13.0 Å². The fourth-order valence-electron chi connectivity index (χ4n) is 6.19. The van der Waals surface area contributed by atoms with E-state index in [1.165, 1.54) is 39.1 Å². The first kappa shape index (κ1) is 35.4. The number of hydrogen-bond acceptors (Lipinski definition) is 4. The Bertz CT molecular complexity index is 1700. The third-order valence-electron chi connectivity index (χ3n) is 8.81. The molecule has 4 rings (SSSR count). The molecule has 0 radical (unpaired) electrons. The summed E-state index contributed by atoms with van der Waals surface area (Å²) >= 11 is 0. The maximum atomic E-state index is 14.1. The van der Waals surface area contributed by atoms with Crippen LogP contribution in [0, 0.1) is 30.0 Å². The second kappa shape index (κ2) is 13.0. The van der Waals surface area contributed by atoms with Crippen LogP contribution < -0.4 is 4.90 Å². The molecule has 0 spiro atoms. The number of pyridine rings is 1. The highest BCUT2D eigenvalue weighted by molar-refractivity contribution is 6.04. The van der Waals surface area contributed by atoms with Crippen molar-refractivity contribution in [3.63, 3.8) is 0 Å². The first-order chi connectivity index (χ1) is 21.7. The van der Waals surface area contributed by atoms with Crippen LogP contribution in [0.2, 0.25) is 0 Å². The number of carbonyl (C=O) groups is 2. The van der Waals surface area contributed by atoms with E-state index in [4.69, 9.17) is 0 Å². The first-order valence-corrected chi connectivity index (χ1v) is 14.8. The van der Waals surface area contributed by atoms with Crippen molar-refractivity contribution < 1.29 is 45.4 Å². The standard InChI is InChI=1S/C34H32F7N3O3/c1-18-11-24(35)9-10-25(18)26-16-27(20-7-5-19(6-8-20)12-29(45)46)43-28(17-42)30(26)44(4)31(47)32(2,3)21-13-22(33(36,37)38)15-23(14-21)34(39,40)41/h9-11,13-16,19-20H,5-8,12H2,1-4H3,(H,45,46)/t19-,20-. The lowest BCUT2D eigenvalue weighted by Gasteiger charge is -2.33. The minimum absolute atomic E-state index is 0.0167. The van der Waals surface area contributed by atoms with Crippen LogP contribution in [-0.4, -0.2) is 29.0 Å². The van der Waals surface area contributed by atoms with E-state index in [0.29, 0.717) is 60.2 Å². The van der Waals surface area contributed by atoms with Crippen molar-refractivity contribution in [2.24, 2.45) is 5.92 Å². The van der Waals surface area contributed by atoms with Gasteiger partial charge >= 0.3 is 18.3 Å². The van der Waals surface area contributed by atoms with Gasteiger partial charge in [-0.3, -0.25) is 9.59 Å². The molecular weight excluding hydrogens is 631 g/mol. The van der Waals surface area contributed by atoms with E-state index in [1.807, 2.05) is 6.07 Å². The smallest absolute Gasteiger partial charge is 0.416 e. The van der Waals surface area contributed by atoms with Gasteiger partial charge < -0.3 is 10.0 Å². The van der Waals surface area contributed by atoms with Gasteiger partial charge in [0.25, 0.3) is 0 Å². The normalized spacial score (nSPS) is 17.2. The number of carboxylic acids is 1. The maximum absolute atomic E-state index is 14.1. The van der Waals surface area contributed by atoms with Gasteiger partial charge in [0.2, 0.25) is 5.91 Å². The highest BCUT2D eigenvalue weighted by atomic mass is 19.4. The molecule has 0 saturated heterocycles. The van der Waals surface area contributed by atoms with Crippen LogP contribution in [0.4, 0.5) is 36.4 Å². The molecule has 0 bridgehead atoms. The molecule has 1 aliphatic rings. The number of rotatable bonds is 7. The number of likely N-dealkylation sites (N-methyl/N-ethyl adjacent to an activating group) is 1. The van der Waals surface area contributed by atoms with Crippen molar-refractivity contribution >= 4 is 17.6 Å². The average molecular weight is 664 g/mol. The number of benzene rings is 2. The summed E-state index contributed by atoms with van der Waals surface area (Å²) in [6, 6.07) is 8.49. The molecule has 0 unspecified atom stereocenters. The van der Waals surface area contributed by atoms with Gasteiger partial charge in [0.15, 0.2) is 5.69 Å². The fraction of sp³-hybridized carbons (Fsp3) is 0.412. The van der Waals surface area contributed by atoms with Gasteiger partial charge in [0.1, 0.15) is 11.9 Å². The number of hydrogen-bond donors (Lipinski definition) is 1. The van der Waals surface area contributed by atoms with E-state index < -0.39 is 52.2 Å². The highest BCUT2D eigenvalue weighted by Gasteiger charge is 2.42. The summed E-state index contributed by atoms with van der Waals surface area (Å²) in [7, 11) is 1.25. The molecule has 3 aromatic rings. The number of aromatic nitrogens is 1. The maximum Gasteiger partial charge on any atom is 0.416 e. The Balaban J connectivity index is 1.85. The molecule has 2 aromatic carbocycles. The average Bonchev–Trinajstić information content (AvgIpc) is 2.98. The largest absolute Gasteiger partial charge is 0.481 e. The Morgan fingerprint density at radius 2 is 1.47 bits per heavy atom. The van der Waals surface area contributed by atoms with Gasteiger partial charge in [-0.15, -0.1) is 0 Å². The predicted octanol–water partition coefficient (Wildman–Crippen LogP) is 8.79. The van der Waals surface area contributed by atoms with E-state index in [0.717, 1.165) is 4.90 Å². The van der Waals surface area contributed by atoms with Gasteiger partial charge in [-0.1, -0.05) is 6.07 Å². The Kier molecular flexibility index (Phi) is 9.76. The molecular formula is C34H32F7N3O3. The quantitative estimate of drug-likeness (QED) is 0.255. The second-order valence-electron chi connectivity index (χ2n) is 12.5.